The first-order valence-electron chi connectivity index (χ1n) is 13.8. The van der Waals surface area contributed by atoms with Crippen LogP contribution in [-0.2, 0) is 13.6 Å². The Balaban J connectivity index is 1.46. The summed E-state index contributed by atoms with van der Waals surface area (Å²) in [5.74, 6) is -1.16. The Morgan fingerprint density at radius 2 is 1.98 bits per heavy atom. The first-order valence-corrected chi connectivity index (χ1v) is 14.7. The van der Waals surface area contributed by atoms with Gasteiger partial charge in [0.15, 0.2) is 0 Å². The molecule has 1 atom stereocenters. The van der Waals surface area contributed by atoms with Crippen molar-refractivity contribution in [2.75, 3.05) is 13.2 Å². The molecule has 2 aliphatic heterocycles. The minimum absolute atomic E-state index is 0.189. The van der Waals surface area contributed by atoms with E-state index in [2.05, 4.69) is 21.2 Å². The fourth-order valence-electron chi connectivity index (χ4n) is 6.22. The molecule has 0 fully saturated rings. The van der Waals surface area contributed by atoms with E-state index in [1.807, 2.05) is 47.6 Å². The highest BCUT2D eigenvalue weighted by Crippen LogP contribution is 2.47. The van der Waals surface area contributed by atoms with Gasteiger partial charge in [-0.25, -0.2) is 13.8 Å². The molecule has 41 heavy (non-hydrogen) atoms. The van der Waals surface area contributed by atoms with Crippen molar-refractivity contribution >= 4 is 32.3 Å². The van der Waals surface area contributed by atoms with Gasteiger partial charge in [-0.3, -0.25) is 9.36 Å². The number of thiophene rings is 1. The smallest absolute Gasteiger partial charge is 0.137 e. The molecule has 4 aromatic heterocycles. The second kappa shape index (κ2) is 9.46. The van der Waals surface area contributed by atoms with E-state index in [1.165, 1.54) is 17.4 Å². The normalized spacial score (nSPS) is 16.9. The Morgan fingerprint density at radius 3 is 2.90 bits per heavy atom. The van der Waals surface area contributed by atoms with E-state index < -0.39 is 11.6 Å². The third kappa shape index (κ3) is 3.96. The maximum atomic E-state index is 15.9. The van der Waals surface area contributed by atoms with Gasteiger partial charge in [0.05, 0.1) is 41.3 Å². The van der Waals surface area contributed by atoms with E-state index in [0.717, 1.165) is 69.8 Å². The molecular formula is C31H26F2N6OS. The van der Waals surface area contributed by atoms with Gasteiger partial charge < -0.3 is 10.1 Å². The van der Waals surface area contributed by atoms with Crippen LogP contribution in [-0.4, -0.2) is 37.7 Å². The Hall–Kier alpha value is -4.15. The van der Waals surface area contributed by atoms with E-state index >= 15 is 4.39 Å². The molecule has 8 rings (SSSR count). The molecule has 206 valence electrons. The van der Waals surface area contributed by atoms with Crippen LogP contribution in [0.1, 0.15) is 31.0 Å². The molecule has 0 amide bonds. The number of rotatable bonds is 1. The van der Waals surface area contributed by atoms with Crippen LogP contribution in [0.2, 0.25) is 0 Å². The first-order chi connectivity index (χ1) is 20.0. The summed E-state index contributed by atoms with van der Waals surface area (Å²) >= 11 is 1.51. The summed E-state index contributed by atoms with van der Waals surface area (Å²) in [6, 6.07) is 12.6. The molecular weight excluding hydrogens is 542 g/mol. The van der Waals surface area contributed by atoms with Crippen molar-refractivity contribution in [2.24, 2.45) is 7.05 Å². The summed E-state index contributed by atoms with van der Waals surface area (Å²) in [5.41, 5.74) is 5.81. The van der Waals surface area contributed by atoms with Crippen LogP contribution < -0.4 is 10.1 Å². The lowest BCUT2D eigenvalue weighted by molar-refractivity contribution is 0.287. The monoisotopic (exact) mass is 568 g/mol. The zero-order chi connectivity index (χ0) is 27.7. The Labute approximate surface area is 238 Å². The predicted octanol–water partition coefficient (Wildman–Crippen LogP) is 6.87. The molecule has 6 aromatic rings. The molecule has 1 N–H and O–H groups in total. The van der Waals surface area contributed by atoms with Gasteiger partial charge in [0.2, 0.25) is 0 Å². The van der Waals surface area contributed by atoms with E-state index in [0.29, 0.717) is 30.1 Å². The Bertz CT molecular complexity index is 1970. The van der Waals surface area contributed by atoms with Crippen LogP contribution in [0.15, 0.2) is 54.0 Å². The molecule has 7 nitrogen and oxygen atoms in total. The van der Waals surface area contributed by atoms with Crippen LogP contribution in [0, 0.1) is 11.6 Å². The number of hydrogen-bond acceptors (Lipinski definition) is 6. The van der Waals surface area contributed by atoms with Crippen molar-refractivity contribution in [2.45, 2.75) is 31.8 Å². The standard InChI is InChI=1S/C31H26F2N6OS/c1-38-25-6-5-17(10-18(25)14-35-38)29-22-7-9-41-31(22)28-27-23(33)11-19(32)12-26(27)40-8-3-2-4-20-15-34-16-21-13-24(30(28)36-29)37-39(20)21/h5-7,9-14,20,34H,2-4,8,15-16H2,1H3/t20-/m0/s1. The summed E-state index contributed by atoms with van der Waals surface area (Å²) in [6.07, 6.45) is 4.45. The molecule has 10 heteroatoms. The molecule has 0 spiro atoms. The number of halogens is 2. The molecule has 2 aromatic carbocycles. The lowest BCUT2D eigenvalue weighted by Crippen LogP contribution is -2.33. The molecule has 2 bridgehead atoms. The highest BCUT2D eigenvalue weighted by Gasteiger charge is 2.29. The summed E-state index contributed by atoms with van der Waals surface area (Å²) < 4.78 is 41.3. The van der Waals surface area contributed by atoms with E-state index in [-0.39, 0.29) is 17.4 Å². The molecule has 0 aliphatic carbocycles. The van der Waals surface area contributed by atoms with Gasteiger partial charge in [-0.05, 0) is 48.9 Å². The van der Waals surface area contributed by atoms with Crippen molar-refractivity contribution in [3.63, 3.8) is 0 Å². The van der Waals surface area contributed by atoms with Gasteiger partial charge in [-0.2, -0.15) is 10.2 Å². The van der Waals surface area contributed by atoms with Crippen LogP contribution in [0.25, 0.3) is 54.8 Å². The van der Waals surface area contributed by atoms with Gasteiger partial charge in [-0.1, -0.05) is 6.07 Å². The fourth-order valence-corrected chi connectivity index (χ4v) is 7.17. The number of hydrogen-bond donors (Lipinski definition) is 1. The van der Waals surface area contributed by atoms with Gasteiger partial charge >= 0.3 is 0 Å². The predicted molar refractivity (Wildman–Crippen MR) is 156 cm³/mol. The van der Waals surface area contributed by atoms with Crippen molar-refractivity contribution < 1.29 is 13.5 Å². The largest absolute Gasteiger partial charge is 0.493 e. The number of aromatic nitrogens is 5. The van der Waals surface area contributed by atoms with Gasteiger partial charge in [-0.15, -0.1) is 11.3 Å². The average Bonchev–Trinajstić information content (AvgIpc) is 3.70. The minimum atomic E-state index is -0.680. The van der Waals surface area contributed by atoms with Crippen LogP contribution in [0.3, 0.4) is 0 Å². The zero-order valence-electron chi connectivity index (χ0n) is 22.3. The molecule has 0 unspecified atom stereocenters. The summed E-state index contributed by atoms with van der Waals surface area (Å²) in [6.45, 7) is 1.89. The molecule has 2 aliphatic rings. The second-order valence-electron chi connectivity index (χ2n) is 10.7. The lowest BCUT2D eigenvalue weighted by Gasteiger charge is -2.25. The summed E-state index contributed by atoms with van der Waals surface area (Å²) in [7, 11) is 1.92. The number of pyridine rings is 1. The van der Waals surface area contributed by atoms with Gasteiger partial charge in [0.25, 0.3) is 0 Å². The average molecular weight is 569 g/mol. The first kappa shape index (κ1) is 24.6. The fraction of sp³-hybridized carbons (Fsp3) is 0.258. The van der Waals surface area contributed by atoms with Gasteiger partial charge in [0, 0.05) is 58.9 Å². The quantitative estimate of drug-likeness (QED) is 0.235. The second-order valence-corrected chi connectivity index (χ2v) is 11.7. The number of benzene rings is 2. The number of nitrogens with one attached hydrogen (secondary N) is 1. The topological polar surface area (TPSA) is 69.8 Å². The van der Waals surface area contributed by atoms with Crippen LogP contribution in [0.5, 0.6) is 5.75 Å². The van der Waals surface area contributed by atoms with Gasteiger partial charge in [0.1, 0.15) is 28.8 Å². The number of nitrogens with zero attached hydrogens (tertiary/aromatic N) is 5. The highest BCUT2D eigenvalue weighted by atomic mass is 32.1. The lowest BCUT2D eigenvalue weighted by atomic mass is 9.96. The molecule has 0 saturated carbocycles. The van der Waals surface area contributed by atoms with Crippen molar-refractivity contribution in [3.05, 3.63) is 71.4 Å². The van der Waals surface area contributed by atoms with E-state index in [1.54, 1.807) is 0 Å². The third-order valence-corrected chi connectivity index (χ3v) is 9.11. The highest BCUT2D eigenvalue weighted by molar-refractivity contribution is 7.18. The van der Waals surface area contributed by atoms with E-state index in [9.17, 15) is 4.39 Å². The van der Waals surface area contributed by atoms with E-state index in [4.69, 9.17) is 14.8 Å². The maximum absolute atomic E-state index is 15.9. The van der Waals surface area contributed by atoms with Crippen LogP contribution >= 0.6 is 11.3 Å². The number of fused-ring (bicyclic) bond motifs is 8. The zero-order valence-corrected chi connectivity index (χ0v) is 23.1. The SMILES string of the molecule is Cn1ncc2cc(-c3nc4c(c5sccc35)-c3c(F)cc(F)cc3OCCCC[C@H]3CNCc5cc-4nn53)ccc21. The minimum Gasteiger partial charge on any atom is -0.493 e. The molecule has 0 radical (unpaired) electrons. The Morgan fingerprint density at radius 1 is 1.05 bits per heavy atom. The maximum Gasteiger partial charge on any atom is 0.137 e. The molecule has 6 heterocycles. The van der Waals surface area contributed by atoms with Crippen molar-refractivity contribution in [3.8, 4) is 39.5 Å². The molecule has 0 saturated heterocycles. The van der Waals surface area contributed by atoms with Crippen molar-refractivity contribution in [1.29, 1.82) is 0 Å². The number of ether oxygens (including phenoxy) is 1. The Kier molecular flexibility index (Phi) is 5.68. The number of aryl methyl sites for hydroxylation is 1. The summed E-state index contributed by atoms with van der Waals surface area (Å²) in [5, 5.41) is 16.9. The third-order valence-electron chi connectivity index (χ3n) is 8.17. The summed E-state index contributed by atoms with van der Waals surface area (Å²) in [4.78, 5) is 5.25. The van der Waals surface area contributed by atoms with Crippen LogP contribution in [0.4, 0.5) is 8.78 Å². The van der Waals surface area contributed by atoms with Crippen molar-refractivity contribution in [1.82, 2.24) is 29.9 Å².